The Morgan fingerprint density at radius 1 is 1.41 bits per heavy atom. The van der Waals surface area contributed by atoms with Gasteiger partial charge in [-0.25, -0.2) is 0 Å². The topological polar surface area (TPSA) is 64.9 Å². The van der Waals surface area contributed by atoms with E-state index in [-0.39, 0.29) is 6.04 Å². The van der Waals surface area contributed by atoms with Crippen LogP contribution in [0.5, 0.6) is 0 Å². The molecule has 1 aromatic rings. The van der Waals surface area contributed by atoms with E-state index in [0.29, 0.717) is 11.8 Å². The maximum atomic E-state index is 6.21. The Bertz CT molecular complexity index is 336. The van der Waals surface area contributed by atoms with Crippen LogP contribution in [0.25, 0.3) is 0 Å². The van der Waals surface area contributed by atoms with Crippen molar-refractivity contribution in [3.8, 4) is 0 Å². The van der Waals surface area contributed by atoms with E-state index in [0.717, 1.165) is 17.3 Å². The minimum absolute atomic E-state index is 0.0665. The summed E-state index contributed by atoms with van der Waals surface area (Å²) in [7, 11) is 0. The van der Waals surface area contributed by atoms with Gasteiger partial charge in [-0.05, 0) is 24.5 Å². The lowest BCUT2D eigenvalue weighted by Gasteiger charge is -2.24. The first-order chi connectivity index (χ1) is 8.31. The first kappa shape index (κ1) is 12.9. The van der Waals surface area contributed by atoms with Gasteiger partial charge in [0.1, 0.15) is 0 Å². The zero-order chi connectivity index (χ0) is 12.1. The second-order valence-corrected chi connectivity index (χ2v) is 5.88. The van der Waals surface area contributed by atoms with Crippen molar-refractivity contribution in [2.75, 3.05) is 5.75 Å². The third-order valence-electron chi connectivity index (χ3n) is 3.36. The first-order valence-corrected chi connectivity index (χ1v) is 7.62. The van der Waals surface area contributed by atoms with Crippen molar-refractivity contribution < 1.29 is 4.52 Å². The van der Waals surface area contributed by atoms with E-state index in [1.54, 1.807) is 11.8 Å². The van der Waals surface area contributed by atoms with Crippen LogP contribution in [0.2, 0.25) is 0 Å². The quantitative estimate of drug-likeness (QED) is 0.876. The van der Waals surface area contributed by atoms with Gasteiger partial charge in [-0.3, -0.25) is 0 Å². The van der Waals surface area contributed by atoms with Crippen LogP contribution < -0.4 is 5.73 Å². The lowest BCUT2D eigenvalue weighted by molar-refractivity contribution is 0.255. The highest BCUT2D eigenvalue weighted by atomic mass is 32.2. The summed E-state index contributed by atoms with van der Waals surface area (Å²) in [5.41, 5.74) is 6.21. The molecule has 1 atom stereocenters. The van der Waals surface area contributed by atoms with Gasteiger partial charge in [0.25, 0.3) is 0 Å². The molecular formula is C12H21N3OS. The molecule has 1 unspecified atom stereocenters. The number of hydrogen-bond donors (Lipinski definition) is 1. The molecule has 5 heteroatoms. The molecule has 4 nitrogen and oxygen atoms in total. The highest BCUT2D eigenvalue weighted by Gasteiger charge is 2.26. The van der Waals surface area contributed by atoms with Crippen molar-refractivity contribution in [2.24, 2.45) is 11.7 Å². The lowest BCUT2D eigenvalue weighted by atomic mass is 9.84. The Hall–Kier alpha value is -0.550. The molecule has 1 heterocycles. The van der Waals surface area contributed by atoms with Crippen LogP contribution in [-0.4, -0.2) is 15.9 Å². The zero-order valence-electron chi connectivity index (χ0n) is 10.4. The van der Waals surface area contributed by atoms with Gasteiger partial charge in [0, 0.05) is 0 Å². The van der Waals surface area contributed by atoms with Crippen molar-refractivity contribution in [1.82, 2.24) is 10.1 Å². The van der Waals surface area contributed by atoms with Gasteiger partial charge in [-0.2, -0.15) is 16.7 Å². The van der Waals surface area contributed by atoms with Crippen molar-refractivity contribution in [3.05, 3.63) is 11.7 Å². The molecule has 0 bridgehead atoms. The molecule has 1 saturated carbocycles. The Balaban J connectivity index is 1.93. The summed E-state index contributed by atoms with van der Waals surface area (Å²) in [6, 6.07) is -0.0665. The van der Waals surface area contributed by atoms with Gasteiger partial charge >= 0.3 is 0 Å². The zero-order valence-corrected chi connectivity index (χ0v) is 11.2. The summed E-state index contributed by atoms with van der Waals surface area (Å²) in [6.07, 6.45) is 6.30. The predicted molar refractivity (Wildman–Crippen MR) is 69.6 cm³/mol. The molecular weight excluding hydrogens is 234 g/mol. The van der Waals surface area contributed by atoms with Gasteiger partial charge in [0.05, 0.1) is 11.8 Å². The fourth-order valence-electron chi connectivity index (χ4n) is 2.35. The Kier molecular flexibility index (Phi) is 4.86. The van der Waals surface area contributed by atoms with E-state index in [1.807, 2.05) is 0 Å². The molecule has 1 aromatic heterocycles. The second kappa shape index (κ2) is 6.40. The molecule has 2 rings (SSSR count). The summed E-state index contributed by atoms with van der Waals surface area (Å²) in [4.78, 5) is 4.40. The molecule has 96 valence electrons. The van der Waals surface area contributed by atoms with Crippen molar-refractivity contribution >= 4 is 11.8 Å². The summed E-state index contributed by atoms with van der Waals surface area (Å²) in [5.74, 6) is 3.81. The summed E-state index contributed by atoms with van der Waals surface area (Å²) >= 11 is 1.80. The van der Waals surface area contributed by atoms with E-state index in [9.17, 15) is 0 Å². The SMILES string of the molecule is CCSCc1noc(C(N)C2CCCCC2)n1. The first-order valence-electron chi connectivity index (χ1n) is 6.47. The van der Waals surface area contributed by atoms with E-state index in [1.165, 1.54) is 32.1 Å². The number of nitrogens with zero attached hydrogens (tertiary/aromatic N) is 2. The van der Waals surface area contributed by atoms with Gasteiger partial charge in [0.2, 0.25) is 5.89 Å². The number of aromatic nitrogens is 2. The highest BCUT2D eigenvalue weighted by Crippen LogP contribution is 2.32. The molecule has 1 aliphatic rings. The Morgan fingerprint density at radius 2 is 2.18 bits per heavy atom. The second-order valence-electron chi connectivity index (χ2n) is 4.61. The monoisotopic (exact) mass is 255 g/mol. The molecule has 0 radical (unpaired) electrons. The van der Waals surface area contributed by atoms with Gasteiger partial charge in [-0.15, -0.1) is 0 Å². The standard InChI is InChI=1S/C12H21N3OS/c1-2-17-8-10-14-12(16-15-10)11(13)9-6-4-3-5-7-9/h9,11H,2-8,13H2,1H3. The van der Waals surface area contributed by atoms with Crippen LogP contribution in [-0.2, 0) is 5.75 Å². The molecule has 1 aliphatic carbocycles. The highest BCUT2D eigenvalue weighted by molar-refractivity contribution is 7.98. The van der Waals surface area contributed by atoms with Gasteiger partial charge in [0.15, 0.2) is 5.82 Å². The number of rotatable bonds is 5. The molecule has 0 aliphatic heterocycles. The van der Waals surface area contributed by atoms with Crippen LogP contribution >= 0.6 is 11.8 Å². The maximum absolute atomic E-state index is 6.21. The average molecular weight is 255 g/mol. The van der Waals surface area contributed by atoms with Crippen molar-refractivity contribution in [2.45, 2.75) is 50.8 Å². The molecule has 0 saturated heterocycles. The minimum Gasteiger partial charge on any atom is -0.338 e. The third-order valence-corrected chi connectivity index (χ3v) is 4.23. The fraction of sp³-hybridized carbons (Fsp3) is 0.833. The van der Waals surface area contributed by atoms with Crippen molar-refractivity contribution in [1.29, 1.82) is 0 Å². The normalized spacial score (nSPS) is 19.4. The third kappa shape index (κ3) is 3.45. The van der Waals surface area contributed by atoms with E-state index < -0.39 is 0 Å². The number of hydrogen-bond acceptors (Lipinski definition) is 5. The smallest absolute Gasteiger partial charge is 0.243 e. The van der Waals surface area contributed by atoms with Crippen LogP contribution in [0.3, 0.4) is 0 Å². The van der Waals surface area contributed by atoms with Crippen LogP contribution in [0, 0.1) is 5.92 Å². The Labute approximate surface area is 107 Å². The van der Waals surface area contributed by atoms with Crippen LogP contribution in [0.4, 0.5) is 0 Å². The van der Waals surface area contributed by atoms with Crippen molar-refractivity contribution in [3.63, 3.8) is 0 Å². The summed E-state index contributed by atoms with van der Waals surface area (Å²) < 4.78 is 5.28. The molecule has 1 fully saturated rings. The summed E-state index contributed by atoms with van der Waals surface area (Å²) in [5, 5.41) is 3.98. The van der Waals surface area contributed by atoms with Crippen LogP contribution in [0.15, 0.2) is 4.52 Å². The van der Waals surface area contributed by atoms with E-state index >= 15 is 0 Å². The average Bonchev–Trinajstić information content (AvgIpc) is 2.85. The predicted octanol–water partition coefficient (Wildman–Crippen LogP) is 2.90. The number of thioether (sulfide) groups is 1. The molecule has 0 aromatic carbocycles. The van der Waals surface area contributed by atoms with Gasteiger partial charge in [-0.1, -0.05) is 31.3 Å². The number of nitrogens with two attached hydrogens (primary N) is 1. The van der Waals surface area contributed by atoms with E-state index in [2.05, 4.69) is 17.1 Å². The van der Waals surface area contributed by atoms with Gasteiger partial charge < -0.3 is 10.3 Å². The fourth-order valence-corrected chi connectivity index (χ4v) is 2.85. The minimum atomic E-state index is -0.0665. The largest absolute Gasteiger partial charge is 0.338 e. The maximum Gasteiger partial charge on any atom is 0.243 e. The summed E-state index contributed by atoms with van der Waals surface area (Å²) in [6.45, 7) is 2.12. The Morgan fingerprint density at radius 3 is 2.88 bits per heavy atom. The molecule has 2 N–H and O–H groups in total. The molecule has 0 amide bonds. The lowest BCUT2D eigenvalue weighted by Crippen LogP contribution is -2.23. The van der Waals surface area contributed by atoms with Crippen LogP contribution in [0.1, 0.15) is 56.8 Å². The molecule has 0 spiro atoms. The van der Waals surface area contributed by atoms with E-state index in [4.69, 9.17) is 10.3 Å². The molecule has 17 heavy (non-hydrogen) atoms.